The van der Waals surface area contributed by atoms with Crippen LogP contribution in [0.3, 0.4) is 0 Å². The molecule has 0 spiro atoms. The normalized spacial score (nSPS) is 10.8. The smallest absolute Gasteiger partial charge is 0.185 e. The van der Waals surface area contributed by atoms with Crippen molar-refractivity contribution in [3.05, 3.63) is 40.7 Å². The molecule has 20 heavy (non-hydrogen) atoms. The Morgan fingerprint density at radius 1 is 1.30 bits per heavy atom. The molecule has 4 nitrogen and oxygen atoms in total. The first-order valence-corrected chi connectivity index (χ1v) is 7.87. The Balaban J connectivity index is 2.06. The maximum atomic E-state index is 4.57. The third kappa shape index (κ3) is 4.02. The summed E-state index contributed by atoms with van der Waals surface area (Å²) in [4.78, 5) is 12.6. The van der Waals surface area contributed by atoms with Gasteiger partial charge in [0, 0.05) is 29.9 Å². The number of nitrogens with zero attached hydrogens (tertiary/aromatic N) is 3. The second-order valence-corrected chi connectivity index (χ2v) is 5.77. The van der Waals surface area contributed by atoms with E-state index in [1.807, 2.05) is 19.2 Å². The lowest BCUT2D eigenvalue weighted by molar-refractivity contribution is 0.734. The molecule has 0 aliphatic rings. The van der Waals surface area contributed by atoms with Crippen LogP contribution in [0.15, 0.2) is 24.4 Å². The molecule has 0 aliphatic carbocycles. The van der Waals surface area contributed by atoms with Gasteiger partial charge in [0.2, 0.25) is 0 Å². The van der Waals surface area contributed by atoms with Crippen LogP contribution in [-0.2, 0) is 13.1 Å². The summed E-state index contributed by atoms with van der Waals surface area (Å²) >= 11 is 1.75. The number of rotatable bonds is 7. The molecule has 0 amide bonds. The van der Waals surface area contributed by atoms with E-state index >= 15 is 0 Å². The van der Waals surface area contributed by atoms with Crippen LogP contribution in [0, 0.1) is 6.92 Å². The molecule has 0 saturated carbocycles. The molecule has 2 aromatic heterocycles. The third-order valence-corrected chi connectivity index (χ3v) is 4.10. The molecule has 0 bridgehead atoms. The van der Waals surface area contributed by atoms with Gasteiger partial charge in [-0.1, -0.05) is 13.0 Å². The molecular weight excluding hydrogens is 268 g/mol. The lowest BCUT2D eigenvalue weighted by atomic mass is 10.3. The van der Waals surface area contributed by atoms with Crippen molar-refractivity contribution in [2.45, 2.75) is 33.9 Å². The molecule has 0 unspecified atom stereocenters. The highest BCUT2D eigenvalue weighted by Gasteiger charge is 2.10. The van der Waals surface area contributed by atoms with E-state index in [1.54, 1.807) is 11.3 Å². The molecule has 0 atom stereocenters. The highest BCUT2D eigenvalue weighted by atomic mass is 32.1. The standard InChI is InChI=1S/C15H22N4S/c1-4-16-9-14-10-17-15(20-14)19(5-2)11-13-8-6-7-12(3)18-13/h6-8,10,16H,4-5,9,11H2,1-3H3. The van der Waals surface area contributed by atoms with Gasteiger partial charge >= 0.3 is 0 Å². The van der Waals surface area contributed by atoms with Crippen LogP contribution < -0.4 is 10.2 Å². The van der Waals surface area contributed by atoms with E-state index in [4.69, 9.17) is 0 Å². The van der Waals surface area contributed by atoms with Gasteiger partial charge in [-0.3, -0.25) is 4.98 Å². The lowest BCUT2D eigenvalue weighted by Gasteiger charge is -2.19. The van der Waals surface area contributed by atoms with Gasteiger partial charge in [-0.25, -0.2) is 4.98 Å². The molecule has 0 radical (unpaired) electrons. The van der Waals surface area contributed by atoms with Crippen LogP contribution in [0.1, 0.15) is 30.1 Å². The molecule has 1 N–H and O–H groups in total. The van der Waals surface area contributed by atoms with E-state index < -0.39 is 0 Å². The minimum Gasteiger partial charge on any atom is -0.342 e. The first kappa shape index (κ1) is 14.9. The van der Waals surface area contributed by atoms with Crippen LogP contribution in [0.5, 0.6) is 0 Å². The number of nitrogens with one attached hydrogen (secondary N) is 1. The summed E-state index contributed by atoms with van der Waals surface area (Å²) in [5.41, 5.74) is 2.15. The van der Waals surface area contributed by atoms with Gasteiger partial charge in [-0.15, -0.1) is 11.3 Å². The summed E-state index contributed by atoms with van der Waals surface area (Å²) in [6.07, 6.45) is 1.97. The first-order valence-electron chi connectivity index (χ1n) is 7.05. The van der Waals surface area contributed by atoms with Crippen molar-refractivity contribution in [3.63, 3.8) is 0 Å². The molecule has 0 saturated heterocycles. The number of aryl methyl sites for hydroxylation is 1. The van der Waals surface area contributed by atoms with E-state index in [1.165, 1.54) is 4.88 Å². The first-order chi connectivity index (χ1) is 9.72. The largest absolute Gasteiger partial charge is 0.342 e. The van der Waals surface area contributed by atoms with E-state index in [0.29, 0.717) is 0 Å². The predicted octanol–water partition coefficient (Wildman–Crippen LogP) is 2.98. The van der Waals surface area contributed by atoms with Gasteiger partial charge in [0.25, 0.3) is 0 Å². The van der Waals surface area contributed by atoms with E-state index in [0.717, 1.165) is 42.7 Å². The van der Waals surface area contributed by atoms with Crippen LogP contribution in [0.25, 0.3) is 0 Å². The summed E-state index contributed by atoms with van der Waals surface area (Å²) in [7, 11) is 0. The van der Waals surface area contributed by atoms with Crippen LogP contribution in [0.4, 0.5) is 5.13 Å². The Hall–Kier alpha value is -1.46. The Labute approximate surface area is 124 Å². The molecular formula is C15H22N4S. The van der Waals surface area contributed by atoms with Gasteiger partial charge in [-0.05, 0) is 32.5 Å². The molecule has 0 aliphatic heterocycles. The Morgan fingerprint density at radius 3 is 2.85 bits per heavy atom. The zero-order valence-electron chi connectivity index (χ0n) is 12.4. The van der Waals surface area contributed by atoms with Gasteiger partial charge in [0.15, 0.2) is 5.13 Å². The summed E-state index contributed by atoms with van der Waals surface area (Å²) < 4.78 is 0. The molecule has 2 heterocycles. The monoisotopic (exact) mass is 290 g/mol. The summed E-state index contributed by atoms with van der Waals surface area (Å²) in [5.74, 6) is 0. The second kappa shape index (κ2) is 7.36. The van der Waals surface area contributed by atoms with E-state index in [9.17, 15) is 0 Å². The van der Waals surface area contributed by atoms with Crippen molar-refractivity contribution in [1.29, 1.82) is 0 Å². The molecule has 5 heteroatoms. The molecule has 108 valence electrons. The highest BCUT2D eigenvalue weighted by molar-refractivity contribution is 7.15. The Morgan fingerprint density at radius 2 is 2.15 bits per heavy atom. The molecule has 2 aromatic rings. The van der Waals surface area contributed by atoms with Gasteiger partial charge in [0.05, 0.1) is 12.2 Å². The maximum Gasteiger partial charge on any atom is 0.185 e. The number of thiazole rings is 1. The van der Waals surface area contributed by atoms with Crippen molar-refractivity contribution >= 4 is 16.5 Å². The van der Waals surface area contributed by atoms with Crippen LogP contribution >= 0.6 is 11.3 Å². The zero-order valence-corrected chi connectivity index (χ0v) is 13.2. The molecule has 0 fully saturated rings. The molecule has 0 aromatic carbocycles. The average Bonchev–Trinajstić information content (AvgIpc) is 2.91. The maximum absolute atomic E-state index is 4.57. The average molecular weight is 290 g/mol. The lowest BCUT2D eigenvalue weighted by Crippen LogP contribution is -2.22. The fourth-order valence-corrected chi connectivity index (χ4v) is 2.91. The second-order valence-electron chi connectivity index (χ2n) is 4.67. The van der Waals surface area contributed by atoms with Gasteiger partial charge in [-0.2, -0.15) is 0 Å². The zero-order chi connectivity index (χ0) is 14.4. The van der Waals surface area contributed by atoms with Crippen LogP contribution in [-0.4, -0.2) is 23.1 Å². The number of hydrogen-bond donors (Lipinski definition) is 1. The van der Waals surface area contributed by atoms with Crippen molar-refractivity contribution < 1.29 is 0 Å². The number of hydrogen-bond acceptors (Lipinski definition) is 5. The fraction of sp³-hybridized carbons (Fsp3) is 0.467. The van der Waals surface area contributed by atoms with Gasteiger partial charge < -0.3 is 10.2 Å². The Kier molecular flexibility index (Phi) is 5.49. The number of pyridine rings is 1. The van der Waals surface area contributed by atoms with E-state index in [-0.39, 0.29) is 0 Å². The van der Waals surface area contributed by atoms with Crippen molar-refractivity contribution in [3.8, 4) is 0 Å². The topological polar surface area (TPSA) is 41.1 Å². The van der Waals surface area contributed by atoms with Crippen molar-refractivity contribution in [2.24, 2.45) is 0 Å². The Bertz CT molecular complexity index is 538. The SMILES string of the molecule is CCNCc1cnc(N(CC)Cc2cccc(C)n2)s1. The van der Waals surface area contributed by atoms with Crippen molar-refractivity contribution in [1.82, 2.24) is 15.3 Å². The third-order valence-electron chi connectivity index (χ3n) is 3.04. The summed E-state index contributed by atoms with van der Waals surface area (Å²) in [5, 5.41) is 4.40. The fourth-order valence-electron chi connectivity index (χ4n) is 1.97. The highest BCUT2D eigenvalue weighted by Crippen LogP contribution is 2.23. The summed E-state index contributed by atoms with van der Waals surface area (Å²) in [6.45, 7) is 9.92. The minimum atomic E-state index is 0.812. The molecule has 2 rings (SSSR count). The predicted molar refractivity (Wildman–Crippen MR) is 85.2 cm³/mol. The van der Waals surface area contributed by atoms with Crippen molar-refractivity contribution in [2.75, 3.05) is 18.0 Å². The number of anilines is 1. The quantitative estimate of drug-likeness (QED) is 0.851. The van der Waals surface area contributed by atoms with Crippen LogP contribution in [0.2, 0.25) is 0 Å². The minimum absolute atomic E-state index is 0.812. The van der Waals surface area contributed by atoms with Gasteiger partial charge in [0.1, 0.15) is 0 Å². The summed E-state index contributed by atoms with van der Waals surface area (Å²) in [6, 6.07) is 6.16. The number of aromatic nitrogens is 2. The van der Waals surface area contributed by atoms with E-state index in [2.05, 4.69) is 46.2 Å².